The van der Waals surface area contributed by atoms with E-state index in [-0.39, 0.29) is 12.1 Å². The lowest BCUT2D eigenvalue weighted by Gasteiger charge is -2.58. The summed E-state index contributed by atoms with van der Waals surface area (Å²) in [7, 11) is 0. The Morgan fingerprint density at radius 3 is 2.59 bits per heavy atom. The minimum Gasteiger partial charge on any atom is -0.462 e. The summed E-state index contributed by atoms with van der Waals surface area (Å²) in [4.78, 5) is 12.2. The molecule has 0 unspecified atom stereocenters. The van der Waals surface area contributed by atoms with E-state index in [0.717, 1.165) is 54.8 Å². The van der Waals surface area contributed by atoms with Crippen molar-refractivity contribution in [3.8, 4) is 0 Å². The first-order valence-electron chi connectivity index (χ1n) is 14.6. The number of ether oxygens (including phenoxy) is 1. The molecule has 2 nitrogen and oxygen atoms in total. The number of rotatable bonds is 9. The normalized spacial score (nSPS) is 40.2. The molecule has 3 saturated carbocycles. The molecule has 3 heteroatoms. The summed E-state index contributed by atoms with van der Waals surface area (Å²) in [5.41, 5.74) is 2.48. The molecule has 0 aromatic carbocycles. The molecular formula is C31H51ClO2. The lowest BCUT2D eigenvalue weighted by atomic mass is 9.47. The van der Waals surface area contributed by atoms with E-state index in [1.807, 2.05) is 0 Å². The number of allylic oxidation sites excluding steroid dienone is 1. The Morgan fingerprint density at radius 1 is 1.06 bits per heavy atom. The Bertz CT molecular complexity index is 744. The van der Waals surface area contributed by atoms with Crippen LogP contribution in [0, 0.1) is 46.3 Å². The molecule has 0 amide bonds. The maximum Gasteiger partial charge on any atom is 0.306 e. The zero-order chi connectivity index (χ0) is 24.5. The van der Waals surface area contributed by atoms with Crippen LogP contribution in [0.4, 0.5) is 0 Å². The average molecular weight is 491 g/mol. The van der Waals surface area contributed by atoms with Crippen LogP contribution < -0.4 is 0 Å². The molecule has 34 heavy (non-hydrogen) atoms. The number of carbonyl (C=O) groups is 1. The summed E-state index contributed by atoms with van der Waals surface area (Å²) in [6.07, 6.45) is 18.3. The van der Waals surface area contributed by atoms with Crippen LogP contribution in [-0.2, 0) is 9.53 Å². The molecule has 0 aliphatic heterocycles. The van der Waals surface area contributed by atoms with Gasteiger partial charge in [0.25, 0.3) is 0 Å². The predicted octanol–water partition coefficient (Wildman–Crippen LogP) is 8.96. The second-order valence-electron chi connectivity index (χ2n) is 13.4. The van der Waals surface area contributed by atoms with Crippen LogP contribution >= 0.6 is 11.6 Å². The molecule has 0 aromatic heterocycles. The summed E-state index contributed by atoms with van der Waals surface area (Å²) in [5, 5.41) is 0. The average Bonchev–Trinajstić information content (AvgIpc) is 3.15. The van der Waals surface area contributed by atoms with Gasteiger partial charge in [0.05, 0.1) is 0 Å². The van der Waals surface area contributed by atoms with Crippen molar-refractivity contribution in [3.05, 3.63) is 11.6 Å². The van der Waals surface area contributed by atoms with E-state index >= 15 is 0 Å². The Labute approximate surface area is 215 Å². The number of fused-ring (bicyclic) bond motifs is 5. The first-order valence-corrected chi connectivity index (χ1v) is 15.2. The maximum absolute atomic E-state index is 12.2. The number of hydrogen-bond acceptors (Lipinski definition) is 2. The molecule has 194 valence electrons. The van der Waals surface area contributed by atoms with Crippen LogP contribution in [-0.4, -0.2) is 18.0 Å². The number of alkyl halides is 1. The topological polar surface area (TPSA) is 26.3 Å². The SMILES string of the molecule is CC(C)CCC[C@@H](C)[C@@H]1CC[C@@H]2[C@H]3CC=C4C[C@@H](OC(=O)CCCCl)CC[C@]4(C)[C@@H]3CC[C@@]21C. The summed E-state index contributed by atoms with van der Waals surface area (Å²) < 4.78 is 5.86. The van der Waals surface area contributed by atoms with E-state index in [1.165, 1.54) is 57.8 Å². The molecule has 3 fully saturated rings. The zero-order valence-corrected chi connectivity index (χ0v) is 23.5. The Morgan fingerprint density at radius 2 is 1.85 bits per heavy atom. The van der Waals surface area contributed by atoms with Gasteiger partial charge in [0, 0.05) is 18.7 Å². The fourth-order valence-corrected chi connectivity index (χ4v) is 9.34. The van der Waals surface area contributed by atoms with Crippen molar-refractivity contribution < 1.29 is 9.53 Å². The van der Waals surface area contributed by atoms with Gasteiger partial charge in [-0.15, -0.1) is 11.6 Å². The molecule has 0 saturated heterocycles. The van der Waals surface area contributed by atoms with Crippen LogP contribution in [0.5, 0.6) is 0 Å². The van der Waals surface area contributed by atoms with Gasteiger partial charge in [-0.1, -0.05) is 65.5 Å². The molecule has 4 aliphatic carbocycles. The van der Waals surface area contributed by atoms with E-state index < -0.39 is 0 Å². The Balaban J connectivity index is 1.41. The predicted molar refractivity (Wildman–Crippen MR) is 143 cm³/mol. The van der Waals surface area contributed by atoms with Crippen LogP contribution in [0.2, 0.25) is 0 Å². The fraction of sp³-hybridized carbons (Fsp3) is 0.903. The lowest BCUT2D eigenvalue weighted by molar-refractivity contribution is -0.151. The minimum atomic E-state index is -0.0588. The van der Waals surface area contributed by atoms with Gasteiger partial charge in [0.1, 0.15) is 6.10 Å². The molecular weight excluding hydrogens is 440 g/mol. The van der Waals surface area contributed by atoms with Crippen molar-refractivity contribution in [2.24, 2.45) is 46.3 Å². The smallest absolute Gasteiger partial charge is 0.306 e. The second-order valence-corrected chi connectivity index (χ2v) is 13.8. The summed E-state index contributed by atoms with van der Waals surface area (Å²) in [6.45, 7) is 12.5. The van der Waals surface area contributed by atoms with Crippen molar-refractivity contribution in [3.63, 3.8) is 0 Å². The van der Waals surface area contributed by atoms with Gasteiger partial charge in [-0.2, -0.15) is 0 Å². The number of carbonyl (C=O) groups excluding carboxylic acids is 1. The van der Waals surface area contributed by atoms with E-state index in [9.17, 15) is 4.79 Å². The standard InChI is InChI=1S/C31H51ClO2/c1-21(2)8-6-9-22(3)26-13-14-27-25-12-11-23-20-24(34-29(33)10-7-19-32)15-17-30(23,4)28(25)16-18-31(26,27)5/h11,21-22,24-28H,6-10,12-20H2,1-5H3/t22-,24+,25-,26+,27-,28-,30+,31-/m1/s1. The third kappa shape index (κ3) is 5.14. The van der Waals surface area contributed by atoms with E-state index in [4.69, 9.17) is 16.3 Å². The largest absolute Gasteiger partial charge is 0.462 e. The van der Waals surface area contributed by atoms with Crippen LogP contribution in [0.3, 0.4) is 0 Å². The highest BCUT2D eigenvalue weighted by Gasteiger charge is 2.59. The maximum atomic E-state index is 12.2. The van der Waals surface area contributed by atoms with Crippen molar-refractivity contribution in [1.29, 1.82) is 0 Å². The van der Waals surface area contributed by atoms with Gasteiger partial charge in [-0.3, -0.25) is 4.79 Å². The molecule has 0 radical (unpaired) electrons. The van der Waals surface area contributed by atoms with E-state index in [0.29, 0.717) is 23.1 Å². The molecule has 0 aromatic rings. The highest BCUT2D eigenvalue weighted by molar-refractivity contribution is 6.17. The molecule has 0 N–H and O–H groups in total. The quantitative estimate of drug-likeness (QED) is 0.183. The van der Waals surface area contributed by atoms with Gasteiger partial charge in [0.2, 0.25) is 0 Å². The Hall–Kier alpha value is -0.500. The molecule has 4 aliphatic rings. The van der Waals surface area contributed by atoms with Gasteiger partial charge >= 0.3 is 5.97 Å². The minimum absolute atomic E-state index is 0.0588. The molecule has 4 rings (SSSR count). The van der Waals surface area contributed by atoms with Crippen molar-refractivity contribution in [2.45, 2.75) is 124 Å². The van der Waals surface area contributed by atoms with Crippen LogP contribution in [0.15, 0.2) is 11.6 Å². The highest BCUT2D eigenvalue weighted by atomic mass is 35.5. The van der Waals surface area contributed by atoms with Gasteiger partial charge in [-0.25, -0.2) is 0 Å². The number of esters is 1. The lowest BCUT2D eigenvalue weighted by Crippen LogP contribution is -2.51. The van der Waals surface area contributed by atoms with E-state index in [2.05, 4.69) is 40.7 Å². The summed E-state index contributed by atoms with van der Waals surface area (Å²) in [5.74, 6) is 5.70. The van der Waals surface area contributed by atoms with E-state index in [1.54, 1.807) is 5.57 Å². The van der Waals surface area contributed by atoms with Crippen molar-refractivity contribution >= 4 is 17.6 Å². The first-order chi connectivity index (χ1) is 16.2. The Kier molecular flexibility index (Phi) is 8.48. The van der Waals surface area contributed by atoms with Crippen molar-refractivity contribution in [2.75, 3.05) is 5.88 Å². The molecule has 0 bridgehead atoms. The summed E-state index contributed by atoms with van der Waals surface area (Å²) >= 11 is 5.75. The van der Waals surface area contributed by atoms with Crippen molar-refractivity contribution in [1.82, 2.24) is 0 Å². The van der Waals surface area contributed by atoms with Gasteiger partial charge < -0.3 is 4.74 Å². The van der Waals surface area contributed by atoms with Crippen LogP contribution in [0.25, 0.3) is 0 Å². The monoisotopic (exact) mass is 490 g/mol. The van der Waals surface area contributed by atoms with Gasteiger partial charge in [0.15, 0.2) is 0 Å². The van der Waals surface area contributed by atoms with Gasteiger partial charge in [-0.05, 0) is 97.7 Å². The number of halogens is 1. The van der Waals surface area contributed by atoms with Crippen LogP contribution in [0.1, 0.15) is 118 Å². The first kappa shape index (κ1) is 26.6. The summed E-state index contributed by atoms with van der Waals surface area (Å²) in [6, 6.07) is 0. The molecule has 0 heterocycles. The fourth-order valence-electron chi connectivity index (χ4n) is 9.21. The highest BCUT2D eigenvalue weighted by Crippen LogP contribution is 2.67. The third-order valence-electron chi connectivity index (χ3n) is 11.1. The second kappa shape index (κ2) is 10.9. The third-order valence-corrected chi connectivity index (χ3v) is 11.3. The molecule has 8 atom stereocenters. The molecule has 0 spiro atoms. The number of hydrogen-bond donors (Lipinski definition) is 0. The zero-order valence-electron chi connectivity index (χ0n) is 22.7.